The van der Waals surface area contributed by atoms with Gasteiger partial charge in [-0.15, -0.1) is 0 Å². The summed E-state index contributed by atoms with van der Waals surface area (Å²) >= 11 is 0. The molecule has 0 radical (unpaired) electrons. The van der Waals surface area contributed by atoms with Crippen LogP contribution in [0.2, 0.25) is 0 Å². The van der Waals surface area contributed by atoms with Crippen LogP contribution < -0.4 is 0 Å². The molecule has 3 N–H and O–H groups in total. The zero-order chi connectivity index (χ0) is 19.5. The first-order valence-corrected chi connectivity index (χ1v) is 11.3. The van der Waals surface area contributed by atoms with Crippen molar-refractivity contribution in [3.8, 4) is 0 Å². The van der Waals surface area contributed by atoms with Crippen molar-refractivity contribution in [2.24, 2.45) is 0 Å². The second-order valence-electron chi connectivity index (χ2n) is 7.68. The number of hydrogen-bond donors (Lipinski definition) is 3. The Morgan fingerprint density at radius 2 is 1.12 bits per heavy atom. The van der Waals surface area contributed by atoms with Gasteiger partial charge in [0.15, 0.2) is 0 Å². The number of hydrogen-bond acceptors (Lipinski definition) is 4. The maximum absolute atomic E-state index is 10.2. The predicted molar refractivity (Wildman–Crippen MR) is 109 cm³/mol. The van der Waals surface area contributed by atoms with E-state index in [1.165, 1.54) is 64.2 Å². The molecule has 0 amide bonds. The number of ether oxygens (including phenoxy) is 1. The summed E-state index contributed by atoms with van der Waals surface area (Å²) in [5, 5.41) is 29.8. The molecule has 0 aromatic carbocycles. The van der Waals surface area contributed by atoms with Gasteiger partial charge in [0.2, 0.25) is 0 Å². The fourth-order valence-electron chi connectivity index (χ4n) is 3.28. The summed E-state index contributed by atoms with van der Waals surface area (Å²) in [6.45, 7) is 4.73. The van der Waals surface area contributed by atoms with E-state index in [1.807, 2.05) is 0 Å². The lowest BCUT2D eigenvalue weighted by Crippen LogP contribution is -2.41. The van der Waals surface area contributed by atoms with Crippen molar-refractivity contribution in [2.45, 2.75) is 128 Å². The van der Waals surface area contributed by atoms with Gasteiger partial charge in [-0.25, -0.2) is 0 Å². The number of rotatable bonds is 20. The Morgan fingerprint density at radius 1 is 0.654 bits per heavy atom. The molecule has 0 heterocycles. The van der Waals surface area contributed by atoms with Crippen molar-refractivity contribution >= 4 is 0 Å². The van der Waals surface area contributed by atoms with E-state index in [0.717, 1.165) is 25.7 Å². The maximum Gasteiger partial charge on any atom is 0.109 e. The molecule has 0 saturated heterocycles. The van der Waals surface area contributed by atoms with Crippen molar-refractivity contribution in [3.05, 3.63) is 0 Å². The van der Waals surface area contributed by atoms with Crippen molar-refractivity contribution in [1.82, 2.24) is 0 Å². The van der Waals surface area contributed by atoms with Gasteiger partial charge in [-0.1, -0.05) is 97.3 Å². The average molecular weight is 375 g/mol. The van der Waals surface area contributed by atoms with Gasteiger partial charge in [-0.2, -0.15) is 0 Å². The molecule has 0 fully saturated rings. The van der Waals surface area contributed by atoms with Gasteiger partial charge in [0, 0.05) is 6.61 Å². The highest BCUT2D eigenvalue weighted by Gasteiger charge is 2.26. The molecular formula is C22H46O4. The highest BCUT2D eigenvalue weighted by Crippen LogP contribution is 2.14. The molecule has 0 rings (SSSR count). The third-order valence-corrected chi connectivity index (χ3v) is 5.14. The molecule has 0 bridgehead atoms. The number of aliphatic hydroxyl groups excluding tert-OH is 3. The zero-order valence-corrected chi connectivity index (χ0v) is 17.5. The van der Waals surface area contributed by atoms with Crippen LogP contribution in [0, 0.1) is 0 Å². The van der Waals surface area contributed by atoms with Crippen LogP contribution in [-0.2, 0) is 4.74 Å². The van der Waals surface area contributed by atoms with Crippen LogP contribution in [0.25, 0.3) is 0 Å². The van der Waals surface area contributed by atoms with Crippen molar-refractivity contribution < 1.29 is 20.1 Å². The fraction of sp³-hybridized carbons (Fsp3) is 1.00. The maximum atomic E-state index is 10.2. The standard InChI is InChI=1S/C22H46O4/c1-3-5-7-9-11-13-15-17-20(24)22(25)21(19-23)26-18-16-14-12-10-8-6-4-2/h20-25H,3-19H2,1-2H3. The van der Waals surface area contributed by atoms with E-state index in [9.17, 15) is 15.3 Å². The summed E-state index contributed by atoms with van der Waals surface area (Å²) in [6.07, 6.45) is 14.9. The third-order valence-electron chi connectivity index (χ3n) is 5.14. The lowest BCUT2D eigenvalue weighted by molar-refractivity contribution is -0.109. The minimum Gasteiger partial charge on any atom is -0.394 e. The highest BCUT2D eigenvalue weighted by atomic mass is 16.5. The van der Waals surface area contributed by atoms with Gasteiger partial charge in [0.05, 0.1) is 12.7 Å². The minimum absolute atomic E-state index is 0.244. The predicted octanol–water partition coefficient (Wildman–Crippen LogP) is 4.98. The van der Waals surface area contributed by atoms with Gasteiger partial charge in [0.25, 0.3) is 0 Å². The topological polar surface area (TPSA) is 69.9 Å². The van der Waals surface area contributed by atoms with Crippen molar-refractivity contribution in [2.75, 3.05) is 13.2 Å². The van der Waals surface area contributed by atoms with E-state index in [1.54, 1.807) is 0 Å². The van der Waals surface area contributed by atoms with E-state index in [2.05, 4.69) is 13.8 Å². The van der Waals surface area contributed by atoms with Crippen molar-refractivity contribution in [1.29, 1.82) is 0 Å². The first-order valence-electron chi connectivity index (χ1n) is 11.3. The SMILES string of the molecule is CCCCCCCCCOC(CO)C(O)C(O)CCCCCCCCC. The molecule has 4 nitrogen and oxygen atoms in total. The molecule has 0 spiro atoms. The largest absolute Gasteiger partial charge is 0.394 e. The molecule has 0 aliphatic rings. The quantitative estimate of drug-likeness (QED) is 0.263. The minimum atomic E-state index is -0.996. The molecule has 158 valence electrons. The molecule has 0 aliphatic heterocycles. The first-order chi connectivity index (χ1) is 12.7. The van der Waals surface area contributed by atoms with E-state index >= 15 is 0 Å². The average Bonchev–Trinajstić information content (AvgIpc) is 2.65. The molecule has 4 heteroatoms. The van der Waals surface area contributed by atoms with Gasteiger partial charge in [-0.05, 0) is 12.8 Å². The summed E-state index contributed by atoms with van der Waals surface area (Å²) in [5.74, 6) is 0. The summed E-state index contributed by atoms with van der Waals surface area (Å²) in [6, 6.07) is 0. The molecule has 26 heavy (non-hydrogen) atoms. The van der Waals surface area contributed by atoms with Crippen LogP contribution in [-0.4, -0.2) is 46.8 Å². The fourth-order valence-corrected chi connectivity index (χ4v) is 3.28. The summed E-state index contributed by atoms with van der Waals surface area (Å²) in [5.41, 5.74) is 0. The van der Waals surface area contributed by atoms with E-state index in [4.69, 9.17) is 4.74 Å². The Kier molecular flexibility index (Phi) is 19.5. The molecule has 3 unspecified atom stereocenters. The van der Waals surface area contributed by atoms with E-state index in [-0.39, 0.29) is 6.61 Å². The monoisotopic (exact) mass is 374 g/mol. The molecular weight excluding hydrogens is 328 g/mol. The van der Waals surface area contributed by atoms with E-state index < -0.39 is 18.3 Å². The van der Waals surface area contributed by atoms with Gasteiger partial charge in [0.1, 0.15) is 12.2 Å². The number of unbranched alkanes of at least 4 members (excludes halogenated alkanes) is 12. The van der Waals surface area contributed by atoms with Crippen LogP contribution in [0.4, 0.5) is 0 Å². The van der Waals surface area contributed by atoms with Crippen LogP contribution in [0.5, 0.6) is 0 Å². The van der Waals surface area contributed by atoms with Crippen molar-refractivity contribution in [3.63, 3.8) is 0 Å². The Labute approximate surface area is 162 Å². The van der Waals surface area contributed by atoms with Crippen LogP contribution in [0.15, 0.2) is 0 Å². The third kappa shape index (κ3) is 15.0. The molecule has 3 atom stereocenters. The van der Waals surface area contributed by atoms with Crippen LogP contribution >= 0.6 is 0 Å². The number of aliphatic hydroxyl groups is 3. The Bertz CT molecular complexity index is 273. The summed E-state index contributed by atoms with van der Waals surface area (Å²) in [4.78, 5) is 0. The van der Waals surface area contributed by atoms with Crippen LogP contribution in [0.1, 0.15) is 110 Å². The van der Waals surface area contributed by atoms with Gasteiger partial charge >= 0.3 is 0 Å². The molecule has 0 aromatic rings. The Balaban J connectivity index is 3.71. The van der Waals surface area contributed by atoms with E-state index in [0.29, 0.717) is 13.0 Å². The summed E-state index contributed by atoms with van der Waals surface area (Å²) < 4.78 is 5.61. The zero-order valence-electron chi connectivity index (χ0n) is 17.5. The molecule has 0 saturated carbocycles. The second-order valence-corrected chi connectivity index (χ2v) is 7.68. The molecule has 0 aliphatic carbocycles. The summed E-state index contributed by atoms with van der Waals surface area (Å²) in [7, 11) is 0. The molecule has 0 aromatic heterocycles. The van der Waals surface area contributed by atoms with Gasteiger partial charge < -0.3 is 20.1 Å². The smallest absolute Gasteiger partial charge is 0.109 e. The lowest BCUT2D eigenvalue weighted by Gasteiger charge is -2.25. The lowest BCUT2D eigenvalue weighted by atomic mass is 10.0. The Morgan fingerprint density at radius 3 is 1.62 bits per heavy atom. The van der Waals surface area contributed by atoms with Crippen LogP contribution in [0.3, 0.4) is 0 Å². The Hall–Kier alpha value is -0.160. The first kappa shape index (κ1) is 25.8. The van der Waals surface area contributed by atoms with Gasteiger partial charge in [-0.3, -0.25) is 0 Å². The second kappa shape index (κ2) is 19.6. The highest BCUT2D eigenvalue weighted by molar-refractivity contribution is 4.76. The normalized spacial score (nSPS) is 15.1.